The Morgan fingerprint density at radius 3 is 2.71 bits per heavy atom. The van der Waals surface area contributed by atoms with Crippen molar-refractivity contribution in [3.8, 4) is 0 Å². The predicted octanol–water partition coefficient (Wildman–Crippen LogP) is 1.86. The van der Waals surface area contributed by atoms with Gasteiger partial charge in [0, 0.05) is 18.4 Å². The quantitative estimate of drug-likeness (QED) is 0.569. The van der Waals surface area contributed by atoms with E-state index < -0.39 is 10.0 Å². The fourth-order valence-electron chi connectivity index (χ4n) is 3.08. The highest BCUT2D eigenvalue weighted by Crippen LogP contribution is 2.31. The number of anilines is 1. The molecule has 0 bridgehead atoms. The van der Waals surface area contributed by atoms with Crippen molar-refractivity contribution < 1.29 is 8.42 Å². The second kappa shape index (κ2) is 6.72. The molecule has 7 heteroatoms. The van der Waals surface area contributed by atoms with Crippen molar-refractivity contribution in [2.24, 2.45) is 17.7 Å². The molecule has 21 heavy (non-hydrogen) atoms. The molecule has 2 unspecified atom stereocenters. The average Bonchev–Trinajstić information content (AvgIpc) is 2.47. The lowest BCUT2D eigenvalue weighted by Crippen LogP contribution is -2.44. The molecule has 0 aromatic carbocycles. The summed E-state index contributed by atoms with van der Waals surface area (Å²) < 4.78 is 28.1. The number of nitrogen functional groups attached to an aromatic ring is 1. The number of hydrogen-bond donors (Lipinski definition) is 3. The van der Waals surface area contributed by atoms with E-state index in [1.165, 1.54) is 18.8 Å². The number of sulfonamides is 1. The van der Waals surface area contributed by atoms with Gasteiger partial charge in [-0.3, -0.25) is 10.8 Å². The smallest absolute Gasteiger partial charge is 0.244 e. The van der Waals surface area contributed by atoms with E-state index in [1.807, 2.05) is 0 Å². The van der Waals surface area contributed by atoms with Crippen LogP contribution in [0.2, 0.25) is 0 Å². The minimum Gasteiger partial charge on any atom is -0.323 e. The first-order valence-corrected chi connectivity index (χ1v) is 8.87. The Bertz CT molecular complexity index is 574. The zero-order valence-corrected chi connectivity index (χ0v) is 13.4. The largest absolute Gasteiger partial charge is 0.323 e. The summed E-state index contributed by atoms with van der Waals surface area (Å²) in [5, 5.41) is 0. The molecule has 0 radical (unpaired) electrons. The van der Waals surface area contributed by atoms with Gasteiger partial charge in [0.25, 0.3) is 0 Å². The van der Waals surface area contributed by atoms with Crippen molar-refractivity contribution in [1.82, 2.24) is 9.71 Å². The minimum absolute atomic E-state index is 0.0189. The van der Waals surface area contributed by atoms with Gasteiger partial charge in [0.2, 0.25) is 10.0 Å². The molecule has 1 heterocycles. The zero-order valence-electron chi connectivity index (χ0n) is 12.5. The van der Waals surface area contributed by atoms with Gasteiger partial charge in [-0.25, -0.2) is 13.1 Å². The molecule has 1 aliphatic rings. The van der Waals surface area contributed by atoms with Crippen molar-refractivity contribution >= 4 is 15.7 Å². The maximum absolute atomic E-state index is 12.6. The summed E-state index contributed by atoms with van der Waals surface area (Å²) in [7, 11) is -3.62. The van der Waals surface area contributed by atoms with Crippen LogP contribution < -0.4 is 16.0 Å². The fourth-order valence-corrected chi connectivity index (χ4v) is 4.51. The van der Waals surface area contributed by atoms with E-state index in [4.69, 9.17) is 5.84 Å². The van der Waals surface area contributed by atoms with E-state index in [2.05, 4.69) is 29.0 Å². The number of pyridine rings is 1. The third kappa shape index (κ3) is 3.72. The molecule has 0 aliphatic heterocycles. The zero-order chi connectivity index (χ0) is 15.5. The van der Waals surface area contributed by atoms with E-state index in [0.29, 0.717) is 17.5 Å². The molecule has 0 amide bonds. The predicted molar refractivity (Wildman–Crippen MR) is 83.0 cm³/mol. The molecule has 1 aromatic heterocycles. The molecule has 2 atom stereocenters. The highest BCUT2D eigenvalue weighted by atomic mass is 32.2. The fraction of sp³-hybridized carbons (Fsp3) is 0.643. The summed E-state index contributed by atoms with van der Waals surface area (Å²) in [5.41, 5.74) is 2.77. The highest BCUT2D eigenvalue weighted by Gasteiger charge is 2.32. The topological polar surface area (TPSA) is 97.1 Å². The van der Waals surface area contributed by atoms with E-state index in [-0.39, 0.29) is 10.9 Å². The van der Waals surface area contributed by atoms with Crippen LogP contribution in [0, 0.1) is 11.8 Å². The lowest BCUT2D eigenvalue weighted by atomic mass is 9.78. The Morgan fingerprint density at radius 1 is 1.33 bits per heavy atom. The van der Waals surface area contributed by atoms with Crippen LogP contribution in [-0.4, -0.2) is 19.4 Å². The van der Waals surface area contributed by atoms with Crippen LogP contribution in [0.3, 0.4) is 0 Å². The number of aromatic nitrogens is 1. The Morgan fingerprint density at radius 2 is 2.05 bits per heavy atom. The molecular weight excluding hydrogens is 288 g/mol. The molecule has 4 N–H and O–H groups in total. The van der Waals surface area contributed by atoms with Gasteiger partial charge in [-0.15, -0.1) is 0 Å². The monoisotopic (exact) mass is 312 g/mol. The Kier molecular flexibility index (Phi) is 5.18. The molecule has 0 saturated heterocycles. The van der Waals surface area contributed by atoms with Crippen molar-refractivity contribution in [1.29, 1.82) is 0 Å². The second-order valence-corrected chi connectivity index (χ2v) is 7.62. The lowest BCUT2D eigenvalue weighted by molar-refractivity contribution is 0.226. The third-order valence-electron chi connectivity index (χ3n) is 4.21. The molecule has 1 aromatic rings. The van der Waals surface area contributed by atoms with E-state index in [1.54, 1.807) is 6.07 Å². The second-order valence-electron chi connectivity index (χ2n) is 5.94. The molecule has 2 rings (SSSR count). The molecule has 1 aliphatic carbocycles. The van der Waals surface area contributed by atoms with Gasteiger partial charge in [0.15, 0.2) is 0 Å². The highest BCUT2D eigenvalue weighted by molar-refractivity contribution is 7.89. The van der Waals surface area contributed by atoms with Gasteiger partial charge in [0.05, 0.1) is 5.69 Å². The van der Waals surface area contributed by atoms with Crippen LogP contribution in [0.4, 0.5) is 5.69 Å². The average molecular weight is 312 g/mol. The number of rotatable bonds is 5. The summed E-state index contributed by atoms with van der Waals surface area (Å²) >= 11 is 0. The van der Waals surface area contributed by atoms with Gasteiger partial charge in [-0.2, -0.15) is 0 Å². The molecule has 1 fully saturated rings. The van der Waals surface area contributed by atoms with Crippen molar-refractivity contribution in [2.45, 2.75) is 50.5 Å². The van der Waals surface area contributed by atoms with Crippen LogP contribution in [0.5, 0.6) is 0 Å². The SMILES string of the molecule is CC(C)C1CCCCC1NS(=O)(=O)c1cnccc1NN. The van der Waals surface area contributed by atoms with Crippen LogP contribution >= 0.6 is 0 Å². The van der Waals surface area contributed by atoms with Crippen LogP contribution in [0.15, 0.2) is 23.4 Å². The Hall–Kier alpha value is -1.18. The van der Waals surface area contributed by atoms with Crippen molar-refractivity contribution in [2.75, 3.05) is 5.43 Å². The standard InChI is InChI=1S/C14H24N4O2S/c1-10(2)11-5-3-4-6-12(11)18-21(19,20)14-9-16-8-7-13(14)17-15/h7-12,18H,3-6,15H2,1-2H3,(H,16,17). The van der Waals surface area contributed by atoms with Crippen LogP contribution in [0.1, 0.15) is 39.5 Å². The normalized spacial score (nSPS) is 23.2. The van der Waals surface area contributed by atoms with Crippen LogP contribution in [0.25, 0.3) is 0 Å². The van der Waals surface area contributed by atoms with E-state index in [0.717, 1.165) is 19.3 Å². The van der Waals surface area contributed by atoms with Crippen LogP contribution in [-0.2, 0) is 10.0 Å². The van der Waals surface area contributed by atoms with E-state index in [9.17, 15) is 8.42 Å². The first-order valence-electron chi connectivity index (χ1n) is 7.38. The van der Waals surface area contributed by atoms with Gasteiger partial charge in [-0.1, -0.05) is 26.7 Å². The number of nitrogens with zero attached hydrogens (tertiary/aromatic N) is 1. The molecule has 118 valence electrons. The Balaban J connectivity index is 2.24. The van der Waals surface area contributed by atoms with Gasteiger partial charge < -0.3 is 5.43 Å². The minimum atomic E-state index is -3.62. The molecule has 1 saturated carbocycles. The van der Waals surface area contributed by atoms with Gasteiger partial charge in [-0.05, 0) is 30.7 Å². The summed E-state index contributed by atoms with van der Waals surface area (Å²) in [5.74, 6) is 6.22. The maximum atomic E-state index is 12.6. The molecule has 6 nitrogen and oxygen atoms in total. The summed E-state index contributed by atoms with van der Waals surface area (Å²) in [6.45, 7) is 4.29. The number of hydrogen-bond acceptors (Lipinski definition) is 5. The van der Waals surface area contributed by atoms with Gasteiger partial charge >= 0.3 is 0 Å². The number of nitrogens with one attached hydrogen (secondary N) is 2. The summed E-state index contributed by atoms with van der Waals surface area (Å²) in [4.78, 5) is 3.99. The first-order chi connectivity index (χ1) is 9.95. The number of hydrazine groups is 1. The molecule has 0 spiro atoms. The third-order valence-corrected chi connectivity index (χ3v) is 5.73. The molecular formula is C14H24N4O2S. The van der Waals surface area contributed by atoms with E-state index >= 15 is 0 Å². The summed E-state index contributed by atoms with van der Waals surface area (Å²) in [6.07, 6.45) is 7.01. The Labute approximate surface area is 126 Å². The number of nitrogens with two attached hydrogens (primary N) is 1. The lowest BCUT2D eigenvalue weighted by Gasteiger charge is -2.34. The maximum Gasteiger partial charge on any atom is 0.244 e. The van der Waals surface area contributed by atoms with Gasteiger partial charge in [0.1, 0.15) is 4.90 Å². The first kappa shape index (κ1) is 16.2. The summed E-state index contributed by atoms with van der Waals surface area (Å²) in [6, 6.07) is 1.53. The van der Waals surface area contributed by atoms with Crippen molar-refractivity contribution in [3.63, 3.8) is 0 Å². The van der Waals surface area contributed by atoms with Crippen molar-refractivity contribution in [3.05, 3.63) is 18.5 Å².